The summed E-state index contributed by atoms with van der Waals surface area (Å²) < 4.78 is 0. The summed E-state index contributed by atoms with van der Waals surface area (Å²) in [7, 11) is 0. The molecule has 0 aliphatic heterocycles. The number of fused-ring (bicyclic) bond motifs is 1. The van der Waals surface area contributed by atoms with Crippen LogP contribution in [-0.2, 0) is 0 Å². The molecule has 0 aliphatic carbocycles. The van der Waals surface area contributed by atoms with Crippen molar-refractivity contribution in [1.29, 1.82) is 0 Å². The number of hydrogen-bond donors (Lipinski definition) is 1. The predicted octanol–water partition coefficient (Wildman–Crippen LogP) is 1.95. The summed E-state index contributed by atoms with van der Waals surface area (Å²) in [6.45, 7) is 3.74. The number of nitrogens with zero attached hydrogens (tertiary/aromatic N) is 1. The van der Waals surface area contributed by atoms with E-state index in [1.807, 2.05) is 31.2 Å². The van der Waals surface area contributed by atoms with Gasteiger partial charge < -0.3 is 5.73 Å². The van der Waals surface area contributed by atoms with Crippen molar-refractivity contribution in [3.8, 4) is 0 Å². The van der Waals surface area contributed by atoms with Gasteiger partial charge in [0.15, 0.2) is 0 Å². The topological polar surface area (TPSA) is 56.0 Å². The average Bonchev–Trinajstić information content (AvgIpc) is 2.17. The number of benzene rings is 1. The van der Waals surface area contributed by atoms with E-state index in [1.54, 1.807) is 6.92 Å². The number of carbonyl (C=O) groups is 1. The fraction of sp³-hybridized carbons (Fsp3) is 0.167. The molecule has 0 radical (unpaired) electrons. The van der Waals surface area contributed by atoms with Gasteiger partial charge in [0.25, 0.3) is 5.91 Å². The quantitative estimate of drug-likeness (QED) is 0.764. The van der Waals surface area contributed by atoms with E-state index in [0.29, 0.717) is 11.3 Å². The number of carbonyl (C=O) groups excluding carboxylic acids is 1. The van der Waals surface area contributed by atoms with E-state index in [0.717, 1.165) is 16.5 Å². The summed E-state index contributed by atoms with van der Waals surface area (Å²) >= 11 is 0. The number of primary amides is 1. The Hall–Kier alpha value is -1.90. The van der Waals surface area contributed by atoms with Crippen molar-refractivity contribution >= 4 is 16.7 Å². The first kappa shape index (κ1) is 9.65. The molecule has 1 amide bonds. The second kappa shape index (κ2) is 3.35. The molecule has 0 unspecified atom stereocenters. The maximum Gasteiger partial charge on any atom is 0.251 e. The zero-order chi connectivity index (χ0) is 11.0. The first-order chi connectivity index (χ1) is 7.11. The number of pyridine rings is 1. The zero-order valence-electron chi connectivity index (χ0n) is 8.74. The van der Waals surface area contributed by atoms with Gasteiger partial charge in [-0.3, -0.25) is 9.78 Å². The van der Waals surface area contributed by atoms with Gasteiger partial charge in [0.1, 0.15) is 0 Å². The highest BCUT2D eigenvalue weighted by atomic mass is 16.1. The molecular weight excluding hydrogens is 188 g/mol. The first-order valence-corrected chi connectivity index (χ1v) is 4.77. The molecule has 0 aliphatic rings. The standard InChI is InChI=1S/C12H12N2O/c1-7-9-5-3-4-6-10(9)11(12(13)15)8(2)14-7/h3-6H,1-2H3,(H2,13,15). The lowest BCUT2D eigenvalue weighted by Crippen LogP contribution is -2.14. The Labute approximate surface area is 87.9 Å². The molecule has 2 aromatic rings. The summed E-state index contributed by atoms with van der Waals surface area (Å²) in [6, 6.07) is 7.67. The normalized spacial score (nSPS) is 10.5. The van der Waals surface area contributed by atoms with Gasteiger partial charge in [0, 0.05) is 11.1 Å². The number of aryl methyl sites for hydroxylation is 2. The Morgan fingerprint density at radius 3 is 2.33 bits per heavy atom. The van der Waals surface area contributed by atoms with Gasteiger partial charge in [-0.05, 0) is 19.2 Å². The van der Waals surface area contributed by atoms with Crippen molar-refractivity contribution in [2.75, 3.05) is 0 Å². The van der Waals surface area contributed by atoms with Crippen LogP contribution in [0.1, 0.15) is 21.7 Å². The maximum atomic E-state index is 11.3. The van der Waals surface area contributed by atoms with Crippen LogP contribution >= 0.6 is 0 Å². The van der Waals surface area contributed by atoms with E-state index in [1.165, 1.54) is 0 Å². The maximum absolute atomic E-state index is 11.3. The Bertz CT molecular complexity index is 547. The van der Waals surface area contributed by atoms with Crippen LogP contribution in [0, 0.1) is 13.8 Å². The Kier molecular flexibility index (Phi) is 2.15. The molecule has 1 aromatic heterocycles. The highest BCUT2D eigenvalue weighted by Crippen LogP contribution is 2.22. The van der Waals surface area contributed by atoms with E-state index in [9.17, 15) is 4.79 Å². The van der Waals surface area contributed by atoms with Crippen molar-refractivity contribution in [3.63, 3.8) is 0 Å². The Balaban J connectivity index is 2.96. The van der Waals surface area contributed by atoms with Gasteiger partial charge in [0.05, 0.1) is 11.3 Å². The van der Waals surface area contributed by atoms with Crippen LogP contribution in [0.15, 0.2) is 24.3 Å². The Morgan fingerprint density at radius 2 is 1.73 bits per heavy atom. The van der Waals surface area contributed by atoms with E-state index in [2.05, 4.69) is 4.98 Å². The number of nitrogens with two attached hydrogens (primary N) is 1. The monoisotopic (exact) mass is 200 g/mol. The second-order valence-corrected chi connectivity index (χ2v) is 3.57. The van der Waals surface area contributed by atoms with E-state index in [4.69, 9.17) is 5.73 Å². The van der Waals surface area contributed by atoms with Crippen LogP contribution in [0.2, 0.25) is 0 Å². The average molecular weight is 200 g/mol. The van der Waals surface area contributed by atoms with Gasteiger partial charge in [0.2, 0.25) is 0 Å². The molecule has 0 bridgehead atoms. The van der Waals surface area contributed by atoms with Gasteiger partial charge in [-0.25, -0.2) is 0 Å². The SMILES string of the molecule is Cc1nc(C)c2ccccc2c1C(N)=O. The van der Waals surface area contributed by atoms with E-state index < -0.39 is 5.91 Å². The lowest BCUT2D eigenvalue weighted by Gasteiger charge is -2.08. The predicted molar refractivity (Wildman–Crippen MR) is 59.7 cm³/mol. The molecule has 1 heterocycles. The first-order valence-electron chi connectivity index (χ1n) is 4.77. The van der Waals surface area contributed by atoms with Crippen LogP contribution < -0.4 is 5.73 Å². The molecule has 0 saturated heterocycles. The van der Waals surface area contributed by atoms with Crippen molar-refractivity contribution in [2.24, 2.45) is 5.73 Å². The third-order valence-electron chi connectivity index (χ3n) is 2.53. The molecule has 0 fully saturated rings. The molecule has 2 rings (SSSR count). The molecule has 76 valence electrons. The lowest BCUT2D eigenvalue weighted by molar-refractivity contribution is 0.100. The molecule has 0 saturated carbocycles. The van der Waals surface area contributed by atoms with Crippen molar-refractivity contribution in [3.05, 3.63) is 41.2 Å². The van der Waals surface area contributed by atoms with E-state index >= 15 is 0 Å². The third kappa shape index (κ3) is 1.46. The van der Waals surface area contributed by atoms with Crippen LogP contribution in [0.25, 0.3) is 10.8 Å². The fourth-order valence-corrected chi connectivity index (χ4v) is 1.89. The lowest BCUT2D eigenvalue weighted by atomic mass is 10.0. The fourth-order valence-electron chi connectivity index (χ4n) is 1.89. The summed E-state index contributed by atoms with van der Waals surface area (Å²) in [6.07, 6.45) is 0. The number of aromatic nitrogens is 1. The van der Waals surface area contributed by atoms with Crippen LogP contribution in [0.3, 0.4) is 0 Å². The molecule has 3 heteroatoms. The van der Waals surface area contributed by atoms with Crippen molar-refractivity contribution in [1.82, 2.24) is 4.98 Å². The smallest absolute Gasteiger partial charge is 0.251 e. The summed E-state index contributed by atoms with van der Waals surface area (Å²) in [5, 5.41) is 1.87. The molecule has 0 spiro atoms. The third-order valence-corrected chi connectivity index (χ3v) is 2.53. The number of hydrogen-bond acceptors (Lipinski definition) is 2. The summed E-state index contributed by atoms with van der Waals surface area (Å²) in [4.78, 5) is 15.7. The van der Waals surface area contributed by atoms with Gasteiger partial charge >= 0.3 is 0 Å². The largest absolute Gasteiger partial charge is 0.366 e. The van der Waals surface area contributed by atoms with E-state index in [-0.39, 0.29) is 0 Å². The number of amides is 1. The summed E-state index contributed by atoms with van der Waals surface area (Å²) in [5.41, 5.74) is 7.49. The molecule has 15 heavy (non-hydrogen) atoms. The highest BCUT2D eigenvalue weighted by Gasteiger charge is 2.12. The minimum atomic E-state index is -0.420. The van der Waals surface area contributed by atoms with Gasteiger partial charge in [-0.2, -0.15) is 0 Å². The minimum Gasteiger partial charge on any atom is -0.366 e. The zero-order valence-corrected chi connectivity index (χ0v) is 8.74. The molecular formula is C12H12N2O. The summed E-state index contributed by atoms with van der Waals surface area (Å²) in [5.74, 6) is -0.420. The molecule has 0 atom stereocenters. The van der Waals surface area contributed by atoms with Crippen LogP contribution in [0.4, 0.5) is 0 Å². The van der Waals surface area contributed by atoms with Crippen LogP contribution in [0.5, 0.6) is 0 Å². The molecule has 1 aromatic carbocycles. The highest BCUT2D eigenvalue weighted by molar-refractivity contribution is 6.07. The van der Waals surface area contributed by atoms with Crippen LogP contribution in [-0.4, -0.2) is 10.9 Å². The van der Waals surface area contributed by atoms with Gasteiger partial charge in [-0.1, -0.05) is 24.3 Å². The molecule has 3 nitrogen and oxygen atoms in total. The number of rotatable bonds is 1. The molecule has 2 N–H and O–H groups in total. The van der Waals surface area contributed by atoms with Crippen molar-refractivity contribution < 1.29 is 4.79 Å². The minimum absolute atomic E-state index is 0.420. The van der Waals surface area contributed by atoms with Crippen molar-refractivity contribution in [2.45, 2.75) is 13.8 Å². The Morgan fingerprint density at radius 1 is 1.13 bits per heavy atom. The van der Waals surface area contributed by atoms with Gasteiger partial charge in [-0.15, -0.1) is 0 Å². The second-order valence-electron chi connectivity index (χ2n) is 3.57.